The molecule has 9 heteroatoms. The number of likely N-dealkylation sites (tertiary alicyclic amines) is 1. The Labute approximate surface area is 120 Å². The highest BCUT2D eigenvalue weighted by atomic mass is 19.3. The maximum atomic E-state index is 13.5. The van der Waals surface area contributed by atoms with E-state index in [2.05, 4.69) is 15.6 Å². The van der Waals surface area contributed by atoms with Gasteiger partial charge in [-0.25, -0.2) is 13.5 Å². The van der Waals surface area contributed by atoms with Crippen LogP contribution in [0.5, 0.6) is 0 Å². The monoisotopic (exact) mass is 301 g/mol. The minimum absolute atomic E-state index is 0.0886. The summed E-state index contributed by atoms with van der Waals surface area (Å²) in [6.07, 6.45) is 1.14. The number of aromatic nitrogens is 3. The summed E-state index contributed by atoms with van der Waals surface area (Å²) in [6, 6.07) is -0.647. The normalized spacial score (nSPS) is 20.6. The van der Waals surface area contributed by atoms with Crippen LogP contribution in [0, 0.1) is 0 Å². The molecular weight excluding hydrogens is 284 g/mol. The largest absolute Gasteiger partial charge is 0.354 e. The van der Waals surface area contributed by atoms with Gasteiger partial charge in [0, 0.05) is 19.9 Å². The lowest BCUT2D eigenvalue weighted by Gasteiger charge is -2.23. The maximum Gasteiger partial charge on any atom is 0.273 e. The molecule has 2 heterocycles. The lowest BCUT2D eigenvalue weighted by Crippen LogP contribution is -2.38. The van der Waals surface area contributed by atoms with Crippen LogP contribution in [0.25, 0.3) is 0 Å². The quantitative estimate of drug-likeness (QED) is 0.866. The number of hydrogen-bond donors (Lipinski definition) is 1. The molecule has 2 rings (SSSR count). The number of alkyl halides is 2. The van der Waals surface area contributed by atoms with Crippen LogP contribution in [0.1, 0.15) is 30.3 Å². The molecule has 21 heavy (non-hydrogen) atoms. The lowest BCUT2D eigenvalue weighted by atomic mass is 10.2. The van der Waals surface area contributed by atoms with Gasteiger partial charge in [0.25, 0.3) is 11.8 Å². The summed E-state index contributed by atoms with van der Waals surface area (Å²) >= 11 is 0. The molecule has 2 amide bonds. The van der Waals surface area contributed by atoms with E-state index >= 15 is 0 Å². The molecule has 7 nitrogen and oxygen atoms in total. The second-order valence-corrected chi connectivity index (χ2v) is 4.99. The van der Waals surface area contributed by atoms with Gasteiger partial charge < -0.3 is 10.2 Å². The number of hydrogen-bond acceptors (Lipinski definition) is 4. The molecule has 1 aliphatic rings. The minimum Gasteiger partial charge on any atom is -0.354 e. The van der Waals surface area contributed by atoms with Gasteiger partial charge in [-0.15, -0.1) is 5.10 Å². The van der Waals surface area contributed by atoms with Gasteiger partial charge in [-0.2, -0.15) is 0 Å². The van der Waals surface area contributed by atoms with Crippen LogP contribution in [-0.4, -0.2) is 57.3 Å². The zero-order valence-electron chi connectivity index (χ0n) is 11.8. The van der Waals surface area contributed by atoms with Crippen molar-refractivity contribution in [2.45, 2.75) is 38.3 Å². The first-order valence-electron chi connectivity index (χ1n) is 6.66. The van der Waals surface area contributed by atoms with Gasteiger partial charge in [-0.3, -0.25) is 9.59 Å². The predicted octanol–water partition coefficient (Wildman–Crippen LogP) is 0.284. The first-order valence-corrected chi connectivity index (χ1v) is 6.66. The van der Waals surface area contributed by atoms with Crippen LogP contribution in [0.4, 0.5) is 8.78 Å². The van der Waals surface area contributed by atoms with Gasteiger partial charge >= 0.3 is 0 Å². The standard InChI is InChI=1S/C12H17F2N5O2/c1-3-10(20)19-7-12(13,14)4-8(19)5-18-6-9(16-17-18)11(21)15-2/h6,8H,3-5,7H2,1-2H3,(H,15,21)/t8-/m0/s1. The highest BCUT2D eigenvalue weighted by molar-refractivity contribution is 5.91. The number of amides is 2. The van der Waals surface area contributed by atoms with E-state index in [9.17, 15) is 18.4 Å². The SMILES string of the molecule is CCC(=O)N1CC(F)(F)C[C@H]1Cn1cc(C(=O)NC)nn1. The molecule has 0 unspecified atom stereocenters. The third-order valence-corrected chi connectivity index (χ3v) is 3.40. The lowest BCUT2D eigenvalue weighted by molar-refractivity contribution is -0.133. The average molecular weight is 301 g/mol. The van der Waals surface area contributed by atoms with Crippen molar-refractivity contribution in [3.05, 3.63) is 11.9 Å². The Morgan fingerprint density at radius 3 is 2.86 bits per heavy atom. The zero-order valence-corrected chi connectivity index (χ0v) is 11.8. The first kappa shape index (κ1) is 15.3. The van der Waals surface area contributed by atoms with Crippen LogP contribution in [-0.2, 0) is 11.3 Å². The van der Waals surface area contributed by atoms with E-state index < -0.39 is 30.8 Å². The summed E-state index contributed by atoms with van der Waals surface area (Å²) < 4.78 is 28.4. The number of rotatable bonds is 4. The molecule has 1 aromatic heterocycles. The molecule has 1 aromatic rings. The molecule has 0 aromatic carbocycles. The van der Waals surface area contributed by atoms with Crippen LogP contribution < -0.4 is 5.32 Å². The summed E-state index contributed by atoms with van der Waals surface area (Å²) in [4.78, 5) is 24.3. The fourth-order valence-electron chi connectivity index (χ4n) is 2.39. The molecule has 116 valence electrons. The molecule has 1 saturated heterocycles. The van der Waals surface area contributed by atoms with Gasteiger partial charge in [0.1, 0.15) is 0 Å². The van der Waals surface area contributed by atoms with E-state index in [1.807, 2.05) is 0 Å². The van der Waals surface area contributed by atoms with Gasteiger partial charge in [0.2, 0.25) is 5.91 Å². The summed E-state index contributed by atoms with van der Waals surface area (Å²) in [5.41, 5.74) is 0.107. The number of nitrogens with one attached hydrogen (secondary N) is 1. The Kier molecular flexibility index (Phi) is 4.19. The second-order valence-electron chi connectivity index (χ2n) is 4.99. The smallest absolute Gasteiger partial charge is 0.273 e. The van der Waals surface area contributed by atoms with Crippen molar-refractivity contribution in [1.82, 2.24) is 25.2 Å². The second kappa shape index (κ2) is 5.74. The van der Waals surface area contributed by atoms with Gasteiger partial charge in [0.05, 0.1) is 25.3 Å². The fraction of sp³-hybridized carbons (Fsp3) is 0.667. The first-order chi connectivity index (χ1) is 9.86. The van der Waals surface area contributed by atoms with Gasteiger partial charge in [0.15, 0.2) is 5.69 Å². The van der Waals surface area contributed by atoms with Crippen molar-refractivity contribution in [2.24, 2.45) is 0 Å². The van der Waals surface area contributed by atoms with Crippen molar-refractivity contribution in [3.8, 4) is 0 Å². The molecule has 0 radical (unpaired) electrons. The average Bonchev–Trinajstić information content (AvgIpc) is 3.01. The molecule has 1 fully saturated rings. The summed E-state index contributed by atoms with van der Waals surface area (Å²) in [7, 11) is 1.46. The van der Waals surface area contributed by atoms with E-state index in [-0.39, 0.29) is 24.6 Å². The Bertz CT molecular complexity index is 546. The van der Waals surface area contributed by atoms with E-state index in [0.29, 0.717) is 0 Å². The molecule has 0 spiro atoms. The number of carbonyl (C=O) groups excluding carboxylic acids is 2. The highest BCUT2D eigenvalue weighted by Gasteiger charge is 2.46. The van der Waals surface area contributed by atoms with Crippen molar-refractivity contribution in [3.63, 3.8) is 0 Å². The minimum atomic E-state index is -2.89. The van der Waals surface area contributed by atoms with E-state index in [1.54, 1.807) is 6.92 Å². The van der Waals surface area contributed by atoms with E-state index in [1.165, 1.54) is 22.8 Å². The fourth-order valence-corrected chi connectivity index (χ4v) is 2.39. The predicted molar refractivity (Wildman–Crippen MR) is 68.8 cm³/mol. The van der Waals surface area contributed by atoms with Crippen molar-refractivity contribution in [1.29, 1.82) is 0 Å². The zero-order chi connectivity index (χ0) is 15.6. The molecule has 1 N–H and O–H groups in total. The van der Waals surface area contributed by atoms with E-state index in [4.69, 9.17) is 0 Å². The molecule has 0 saturated carbocycles. The van der Waals surface area contributed by atoms with Crippen molar-refractivity contribution < 1.29 is 18.4 Å². The Morgan fingerprint density at radius 1 is 1.52 bits per heavy atom. The van der Waals surface area contributed by atoms with Crippen LogP contribution in [0.3, 0.4) is 0 Å². The summed E-state index contributed by atoms with van der Waals surface area (Å²) in [5.74, 6) is -3.61. The Morgan fingerprint density at radius 2 is 2.24 bits per heavy atom. The van der Waals surface area contributed by atoms with E-state index in [0.717, 1.165) is 0 Å². The summed E-state index contributed by atoms with van der Waals surface area (Å²) in [5, 5.41) is 9.80. The topological polar surface area (TPSA) is 80.1 Å². The van der Waals surface area contributed by atoms with Gasteiger partial charge in [-0.05, 0) is 0 Å². The van der Waals surface area contributed by atoms with Crippen molar-refractivity contribution in [2.75, 3.05) is 13.6 Å². The Balaban J connectivity index is 2.11. The molecular formula is C12H17F2N5O2. The van der Waals surface area contributed by atoms with Crippen LogP contribution >= 0.6 is 0 Å². The van der Waals surface area contributed by atoms with Crippen molar-refractivity contribution >= 4 is 11.8 Å². The molecule has 1 atom stereocenters. The molecule has 0 aliphatic carbocycles. The number of nitrogens with zero attached hydrogens (tertiary/aromatic N) is 4. The maximum absolute atomic E-state index is 13.5. The summed E-state index contributed by atoms with van der Waals surface area (Å²) in [6.45, 7) is 1.15. The molecule has 1 aliphatic heterocycles. The Hall–Kier alpha value is -2.06. The van der Waals surface area contributed by atoms with Crippen LogP contribution in [0.2, 0.25) is 0 Å². The number of carbonyl (C=O) groups is 2. The third kappa shape index (κ3) is 3.34. The van der Waals surface area contributed by atoms with Crippen LogP contribution in [0.15, 0.2) is 6.20 Å². The third-order valence-electron chi connectivity index (χ3n) is 3.40. The molecule has 0 bridgehead atoms. The van der Waals surface area contributed by atoms with Gasteiger partial charge in [-0.1, -0.05) is 12.1 Å². The highest BCUT2D eigenvalue weighted by Crippen LogP contribution is 2.33. The number of halogens is 2.